The number of aryl methyl sites for hydroxylation is 2. The minimum atomic E-state index is -0.0645. The van der Waals surface area contributed by atoms with E-state index in [-0.39, 0.29) is 17.7 Å². The zero-order valence-electron chi connectivity index (χ0n) is 14.2. The number of hydrogen-bond acceptors (Lipinski definition) is 4. The van der Waals surface area contributed by atoms with Crippen LogP contribution in [-0.4, -0.2) is 40.8 Å². The lowest BCUT2D eigenvalue weighted by molar-refractivity contribution is -0.119. The number of carbonyl (C=O) groups is 1. The Hall–Kier alpha value is -1.79. The number of aromatic nitrogens is 2. The van der Waals surface area contributed by atoms with E-state index in [0.717, 1.165) is 30.0 Å². The first-order chi connectivity index (χ1) is 11.7. The van der Waals surface area contributed by atoms with Crippen LogP contribution < -0.4 is 10.6 Å². The summed E-state index contributed by atoms with van der Waals surface area (Å²) in [6, 6.07) is 8.18. The summed E-state index contributed by atoms with van der Waals surface area (Å²) in [4.78, 5) is 12.7. The Morgan fingerprint density at radius 2 is 2.17 bits per heavy atom. The number of hydrogen-bond donors (Lipinski definition) is 2. The Morgan fingerprint density at radius 3 is 2.83 bits per heavy atom. The summed E-state index contributed by atoms with van der Waals surface area (Å²) in [6.07, 6.45) is 7.03. The molecule has 24 heavy (non-hydrogen) atoms. The number of thioether (sulfide) groups is 1. The van der Waals surface area contributed by atoms with Gasteiger partial charge in [0.05, 0.1) is 12.1 Å². The lowest BCUT2D eigenvalue weighted by atomic mass is 9.90. The van der Waals surface area contributed by atoms with E-state index in [4.69, 9.17) is 0 Å². The molecule has 5 nitrogen and oxygen atoms in total. The first kappa shape index (κ1) is 17.0. The molecule has 0 bridgehead atoms. The number of anilines is 1. The zero-order chi connectivity index (χ0) is 16.9. The van der Waals surface area contributed by atoms with Crippen molar-refractivity contribution in [3.8, 4) is 0 Å². The highest BCUT2D eigenvalue weighted by atomic mass is 32.2. The maximum absolute atomic E-state index is 12.7. The first-order valence-corrected chi connectivity index (χ1v) is 9.65. The fourth-order valence-corrected chi connectivity index (χ4v) is 3.59. The van der Waals surface area contributed by atoms with E-state index >= 15 is 0 Å². The van der Waals surface area contributed by atoms with Crippen LogP contribution in [0.25, 0.3) is 0 Å². The molecule has 1 aromatic heterocycles. The van der Waals surface area contributed by atoms with Gasteiger partial charge < -0.3 is 10.6 Å². The molecule has 2 heterocycles. The third-order valence-electron chi connectivity index (χ3n) is 4.52. The second-order valence-corrected chi connectivity index (χ2v) is 7.23. The Kier molecular flexibility index (Phi) is 5.58. The normalized spacial score (nSPS) is 20.2. The molecule has 2 N–H and O–H groups in total. The molecule has 3 rings (SSSR count). The van der Waals surface area contributed by atoms with Crippen molar-refractivity contribution in [2.24, 2.45) is 13.0 Å². The molecule has 1 amide bonds. The maximum Gasteiger partial charge on any atom is 0.229 e. The van der Waals surface area contributed by atoms with E-state index in [0.29, 0.717) is 6.54 Å². The van der Waals surface area contributed by atoms with Crippen molar-refractivity contribution in [2.75, 3.05) is 30.4 Å². The van der Waals surface area contributed by atoms with Gasteiger partial charge in [0.2, 0.25) is 5.91 Å². The van der Waals surface area contributed by atoms with Crippen molar-refractivity contribution in [1.82, 2.24) is 15.1 Å². The number of nitrogens with zero attached hydrogens (tertiary/aromatic N) is 2. The third-order valence-corrected chi connectivity index (χ3v) is 5.13. The van der Waals surface area contributed by atoms with Crippen molar-refractivity contribution in [3.05, 3.63) is 47.8 Å². The number of carbonyl (C=O) groups excluding carboxylic acids is 1. The topological polar surface area (TPSA) is 59.0 Å². The van der Waals surface area contributed by atoms with Gasteiger partial charge in [0, 0.05) is 37.9 Å². The van der Waals surface area contributed by atoms with Gasteiger partial charge in [0.15, 0.2) is 0 Å². The summed E-state index contributed by atoms with van der Waals surface area (Å²) in [5, 5.41) is 10.6. The molecule has 0 saturated carbocycles. The minimum Gasteiger partial charge on any atom is -0.326 e. The molecule has 1 saturated heterocycles. The van der Waals surface area contributed by atoms with Crippen LogP contribution in [0.1, 0.15) is 17.0 Å². The van der Waals surface area contributed by atoms with Gasteiger partial charge in [-0.15, -0.1) is 0 Å². The Morgan fingerprint density at radius 1 is 1.38 bits per heavy atom. The van der Waals surface area contributed by atoms with Crippen molar-refractivity contribution in [3.63, 3.8) is 0 Å². The number of rotatable bonds is 6. The molecule has 2 atom stereocenters. The summed E-state index contributed by atoms with van der Waals surface area (Å²) in [5.41, 5.74) is 3.29. The van der Waals surface area contributed by atoms with E-state index in [1.807, 2.05) is 43.3 Å². The van der Waals surface area contributed by atoms with Crippen LogP contribution in [0.2, 0.25) is 0 Å². The average molecular weight is 344 g/mol. The van der Waals surface area contributed by atoms with E-state index in [1.165, 1.54) is 5.56 Å². The summed E-state index contributed by atoms with van der Waals surface area (Å²) in [6.45, 7) is 1.52. The predicted octanol–water partition coefficient (Wildman–Crippen LogP) is 2.27. The summed E-state index contributed by atoms with van der Waals surface area (Å²) < 4.78 is 1.79. The van der Waals surface area contributed by atoms with Gasteiger partial charge in [-0.05, 0) is 41.7 Å². The molecule has 0 radical (unpaired) electrons. The predicted molar refractivity (Wildman–Crippen MR) is 99.5 cm³/mol. The molecule has 0 unspecified atom stereocenters. The van der Waals surface area contributed by atoms with Crippen LogP contribution in [0.15, 0.2) is 36.7 Å². The molecule has 1 aliphatic rings. The molecule has 1 aliphatic heterocycles. The van der Waals surface area contributed by atoms with Crippen LogP contribution in [0.4, 0.5) is 5.69 Å². The summed E-state index contributed by atoms with van der Waals surface area (Å²) >= 11 is 1.84. The molecule has 1 aromatic carbocycles. The lowest BCUT2D eigenvalue weighted by Crippen LogP contribution is -2.28. The SMILES string of the molecule is CSCCc1ccc(NC(=O)[C@H]2CNC[C@@H]2c2cnn(C)c2)cc1. The highest BCUT2D eigenvalue weighted by Gasteiger charge is 2.34. The largest absolute Gasteiger partial charge is 0.326 e. The van der Waals surface area contributed by atoms with Crippen LogP contribution in [-0.2, 0) is 18.3 Å². The standard InChI is InChI=1S/C18H24N4OS/c1-22-12-14(9-20-22)16-10-19-11-17(16)18(23)21-15-5-3-13(4-6-15)7-8-24-2/h3-6,9,12,16-17,19H,7-8,10-11H2,1-2H3,(H,21,23)/t16-,17+/m1/s1. The fourth-order valence-electron chi connectivity index (χ4n) is 3.15. The fraction of sp³-hybridized carbons (Fsp3) is 0.444. The molecule has 0 aliphatic carbocycles. The van der Waals surface area contributed by atoms with Crippen LogP contribution in [0.3, 0.4) is 0 Å². The zero-order valence-corrected chi connectivity index (χ0v) is 15.0. The van der Waals surface area contributed by atoms with Crippen LogP contribution >= 0.6 is 11.8 Å². The monoisotopic (exact) mass is 344 g/mol. The number of benzene rings is 1. The minimum absolute atomic E-state index is 0.0645. The third kappa shape index (κ3) is 3.99. The van der Waals surface area contributed by atoms with Gasteiger partial charge in [-0.2, -0.15) is 16.9 Å². The molecule has 6 heteroatoms. The van der Waals surface area contributed by atoms with E-state index in [9.17, 15) is 4.79 Å². The van der Waals surface area contributed by atoms with Gasteiger partial charge in [-0.1, -0.05) is 12.1 Å². The average Bonchev–Trinajstić information content (AvgIpc) is 3.22. The highest BCUT2D eigenvalue weighted by Crippen LogP contribution is 2.28. The van der Waals surface area contributed by atoms with Crippen molar-refractivity contribution >= 4 is 23.4 Å². The summed E-state index contributed by atoms with van der Waals surface area (Å²) in [7, 11) is 1.90. The van der Waals surface area contributed by atoms with Gasteiger partial charge in [-0.25, -0.2) is 0 Å². The van der Waals surface area contributed by atoms with Gasteiger partial charge in [0.1, 0.15) is 0 Å². The van der Waals surface area contributed by atoms with E-state index in [2.05, 4.69) is 34.1 Å². The second kappa shape index (κ2) is 7.85. The Bertz CT molecular complexity index is 683. The molecule has 2 aromatic rings. The van der Waals surface area contributed by atoms with E-state index < -0.39 is 0 Å². The molecule has 128 valence electrons. The van der Waals surface area contributed by atoms with Gasteiger partial charge >= 0.3 is 0 Å². The Balaban J connectivity index is 1.63. The van der Waals surface area contributed by atoms with Crippen molar-refractivity contribution in [2.45, 2.75) is 12.3 Å². The maximum atomic E-state index is 12.7. The molecule has 0 spiro atoms. The molecular formula is C18H24N4OS. The quantitative estimate of drug-likeness (QED) is 0.844. The lowest BCUT2D eigenvalue weighted by Gasteiger charge is -2.17. The van der Waals surface area contributed by atoms with Crippen LogP contribution in [0, 0.1) is 5.92 Å². The first-order valence-electron chi connectivity index (χ1n) is 8.25. The van der Waals surface area contributed by atoms with Crippen molar-refractivity contribution < 1.29 is 4.79 Å². The van der Waals surface area contributed by atoms with E-state index in [1.54, 1.807) is 4.68 Å². The van der Waals surface area contributed by atoms with Crippen LogP contribution in [0.5, 0.6) is 0 Å². The highest BCUT2D eigenvalue weighted by molar-refractivity contribution is 7.98. The smallest absolute Gasteiger partial charge is 0.229 e. The van der Waals surface area contributed by atoms with Crippen molar-refractivity contribution in [1.29, 1.82) is 0 Å². The summed E-state index contributed by atoms with van der Waals surface area (Å²) in [5.74, 6) is 1.31. The van der Waals surface area contributed by atoms with Gasteiger partial charge in [-0.3, -0.25) is 9.48 Å². The Labute approximate surface area is 147 Å². The molecular weight excluding hydrogens is 320 g/mol. The van der Waals surface area contributed by atoms with Gasteiger partial charge in [0.25, 0.3) is 0 Å². The number of nitrogens with one attached hydrogen (secondary N) is 2. The number of amides is 1. The second-order valence-electron chi connectivity index (χ2n) is 6.25. The molecule has 1 fully saturated rings.